The SMILES string of the molecule is CCC(C)C(N)C(=O)NC(CCC(=O)O)C(=O)NC(CS)C(=O)O. The minimum Gasteiger partial charge on any atom is -0.481 e. The van der Waals surface area contributed by atoms with Crippen molar-refractivity contribution in [3.8, 4) is 0 Å². The molecule has 6 N–H and O–H groups in total. The molecule has 0 rings (SSSR count). The maximum atomic E-state index is 12.2. The van der Waals surface area contributed by atoms with Crippen molar-refractivity contribution in [2.45, 2.75) is 51.2 Å². The molecule has 0 saturated heterocycles. The lowest BCUT2D eigenvalue weighted by molar-refractivity contribution is -0.142. The minimum atomic E-state index is -1.28. The molecule has 0 fully saturated rings. The lowest BCUT2D eigenvalue weighted by atomic mass is 9.98. The van der Waals surface area contributed by atoms with Gasteiger partial charge in [-0.2, -0.15) is 12.6 Å². The van der Waals surface area contributed by atoms with E-state index in [4.69, 9.17) is 15.9 Å². The fraction of sp³-hybridized carbons (Fsp3) is 0.714. The number of hydrogen-bond donors (Lipinski definition) is 6. The summed E-state index contributed by atoms with van der Waals surface area (Å²) in [6.07, 6.45) is 0.107. The van der Waals surface area contributed by atoms with Crippen LogP contribution in [-0.4, -0.2) is 57.8 Å². The zero-order valence-electron chi connectivity index (χ0n) is 13.7. The van der Waals surface area contributed by atoms with Gasteiger partial charge in [0.15, 0.2) is 0 Å². The topological polar surface area (TPSA) is 159 Å². The van der Waals surface area contributed by atoms with Crippen molar-refractivity contribution in [2.75, 3.05) is 5.75 Å². The van der Waals surface area contributed by atoms with Crippen molar-refractivity contribution in [3.05, 3.63) is 0 Å². The summed E-state index contributed by atoms with van der Waals surface area (Å²) in [6.45, 7) is 3.63. The summed E-state index contributed by atoms with van der Waals surface area (Å²) < 4.78 is 0. The second kappa shape index (κ2) is 10.9. The summed E-state index contributed by atoms with van der Waals surface area (Å²) in [5.74, 6) is -4.07. The first-order valence-electron chi connectivity index (χ1n) is 7.55. The van der Waals surface area contributed by atoms with E-state index in [1.54, 1.807) is 6.92 Å². The lowest BCUT2D eigenvalue weighted by Gasteiger charge is -2.23. The Labute approximate surface area is 145 Å². The zero-order valence-corrected chi connectivity index (χ0v) is 14.6. The molecule has 0 aliphatic rings. The number of nitrogens with two attached hydrogens (primary N) is 1. The monoisotopic (exact) mass is 363 g/mol. The van der Waals surface area contributed by atoms with Crippen LogP contribution < -0.4 is 16.4 Å². The number of carbonyl (C=O) groups excluding carboxylic acids is 2. The van der Waals surface area contributed by atoms with Crippen LogP contribution in [-0.2, 0) is 19.2 Å². The molecular weight excluding hydrogens is 338 g/mol. The van der Waals surface area contributed by atoms with Crippen LogP contribution in [0.1, 0.15) is 33.1 Å². The Bertz CT molecular complexity index is 473. The van der Waals surface area contributed by atoms with Crippen molar-refractivity contribution in [3.63, 3.8) is 0 Å². The molecule has 0 aliphatic heterocycles. The van der Waals surface area contributed by atoms with E-state index in [0.717, 1.165) is 0 Å². The summed E-state index contributed by atoms with van der Waals surface area (Å²) in [6, 6.07) is -3.28. The number of amides is 2. The highest BCUT2D eigenvalue weighted by atomic mass is 32.1. The van der Waals surface area contributed by atoms with Gasteiger partial charge in [-0.1, -0.05) is 20.3 Å². The molecule has 0 aromatic carbocycles. The molecule has 4 unspecified atom stereocenters. The zero-order chi connectivity index (χ0) is 18.9. The van der Waals surface area contributed by atoms with Gasteiger partial charge in [-0.05, 0) is 12.3 Å². The van der Waals surface area contributed by atoms with Crippen molar-refractivity contribution in [1.82, 2.24) is 10.6 Å². The van der Waals surface area contributed by atoms with Gasteiger partial charge in [0, 0.05) is 12.2 Å². The Morgan fingerprint density at radius 1 is 1.08 bits per heavy atom. The molecule has 9 nitrogen and oxygen atoms in total. The van der Waals surface area contributed by atoms with E-state index in [0.29, 0.717) is 6.42 Å². The predicted molar refractivity (Wildman–Crippen MR) is 89.7 cm³/mol. The van der Waals surface area contributed by atoms with Gasteiger partial charge in [-0.3, -0.25) is 14.4 Å². The van der Waals surface area contributed by atoms with Crippen LogP contribution in [0.15, 0.2) is 0 Å². The van der Waals surface area contributed by atoms with Crippen LogP contribution in [0.4, 0.5) is 0 Å². The van der Waals surface area contributed by atoms with Crippen LogP contribution in [0, 0.1) is 5.92 Å². The third kappa shape index (κ3) is 7.64. The average molecular weight is 363 g/mol. The normalized spacial score (nSPS) is 15.7. The minimum absolute atomic E-state index is 0.127. The average Bonchev–Trinajstić information content (AvgIpc) is 2.53. The number of thiol groups is 1. The second-order valence-electron chi connectivity index (χ2n) is 5.49. The van der Waals surface area contributed by atoms with Gasteiger partial charge >= 0.3 is 11.9 Å². The number of carboxylic acid groups (broad SMARTS) is 2. The van der Waals surface area contributed by atoms with Gasteiger partial charge in [-0.15, -0.1) is 0 Å². The number of nitrogens with one attached hydrogen (secondary N) is 2. The van der Waals surface area contributed by atoms with Crippen LogP contribution in [0.2, 0.25) is 0 Å². The summed E-state index contributed by atoms with van der Waals surface area (Å²) >= 11 is 3.83. The third-order valence-corrected chi connectivity index (χ3v) is 4.00. The Hall–Kier alpha value is -1.81. The largest absolute Gasteiger partial charge is 0.481 e. The van der Waals surface area contributed by atoms with E-state index in [1.165, 1.54) is 0 Å². The van der Waals surface area contributed by atoms with E-state index in [-0.39, 0.29) is 24.5 Å². The van der Waals surface area contributed by atoms with E-state index in [1.807, 2.05) is 6.92 Å². The number of aliphatic carboxylic acids is 2. The molecule has 0 radical (unpaired) electrons. The number of hydrogen-bond acceptors (Lipinski definition) is 6. The smallest absolute Gasteiger partial charge is 0.327 e. The summed E-state index contributed by atoms with van der Waals surface area (Å²) in [5.41, 5.74) is 5.78. The maximum absolute atomic E-state index is 12.2. The molecule has 0 bridgehead atoms. The van der Waals surface area contributed by atoms with Crippen LogP contribution >= 0.6 is 12.6 Å². The van der Waals surface area contributed by atoms with E-state index in [2.05, 4.69) is 23.3 Å². The predicted octanol–water partition coefficient (Wildman–Crippen LogP) is -0.791. The Balaban J connectivity index is 5.02. The Morgan fingerprint density at radius 2 is 1.62 bits per heavy atom. The van der Waals surface area contributed by atoms with E-state index >= 15 is 0 Å². The molecule has 0 saturated carbocycles. The fourth-order valence-electron chi connectivity index (χ4n) is 1.77. The van der Waals surface area contributed by atoms with Crippen LogP contribution in [0.5, 0.6) is 0 Å². The summed E-state index contributed by atoms with van der Waals surface area (Å²) in [7, 11) is 0. The molecule has 138 valence electrons. The molecule has 0 aromatic rings. The molecule has 0 spiro atoms. The molecule has 0 aromatic heterocycles. The highest BCUT2D eigenvalue weighted by Gasteiger charge is 2.29. The highest BCUT2D eigenvalue weighted by molar-refractivity contribution is 7.80. The first-order valence-corrected chi connectivity index (χ1v) is 8.19. The van der Waals surface area contributed by atoms with Gasteiger partial charge in [-0.25, -0.2) is 4.79 Å². The van der Waals surface area contributed by atoms with Crippen molar-refractivity contribution < 1.29 is 29.4 Å². The van der Waals surface area contributed by atoms with Gasteiger partial charge in [0.25, 0.3) is 0 Å². The highest BCUT2D eigenvalue weighted by Crippen LogP contribution is 2.07. The van der Waals surface area contributed by atoms with Crippen molar-refractivity contribution in [2.24, 2.45) is 11.7 Å². The third-order valence-electron chi connectivity index (χ3n) is 3.64. The Kier molecular flexibility index (Phi) is 10.0. The first kappa shape index (κ1) is 22.2. The summed E-state index contributed by atoms with van der Waals surface area (Å²) in [5, 5.41) is 22.3. The van der Waals surface area contributed by atoms with Gasteiger partial charge in [0.05, 0.1) is 6.04 Å². The van der Waals surface area contributed by atoms with Gasteiger partial charge in [0.2, 0.25) is 11.8 Å². The van der Waals surface area contributed by atoms with E-state index in [9.17, 15) is 19.2 Å². The molecule has 4 atom stereocenters. The van der Waals surface area contributed by atoms with Crippen molar-refractivity contribution in [1.29, 1.82) is 0 Å². The van der Waals surface area contributed by atoms with Crippen LogP contribution in [0.25, 0.3) is 0 Å². The van der Waals surface area contributed by atoms with Crippen molar-refractivity contribution >= 4 is 36.4 Å². The quantitative estimate of drug-likeness (QED) is 0.262. The Morgan fingerprint density at radius 3 is 2.04 bits per heavy atom. The number of carbonyl (C=O) groups is 4. The van der Waals surface area contributed by atoms with Gasteiger partial charge in [0.1, 0.15) is 12.1 Å². The maximum Gasteiger partial charge on any atom is 0.327 e. The lowest BCUT2D eigenvalue weighted by Crippen LogP contribution is -2.55. The molecule has 0 aliphatic carbocycles. The fourth-order valence-corrected chi connectivity index (χ4v) is 2.02. The molecule has 2 amide bonds. The number of rotatable bonds is 11. The second-order valence-corrected chi connectivity index (χ2v) is 5.85. The number of carboxylic acids is 2. The first-order chi connectivity index (χ1) is 11.1. The summed E-state index contributed by atoms with van der Waals surface area (Å²) in [4.78, 5) is 45.9. The molecular formula is C14H25N3O6S. The van der Waals surface area contributed by atoms with Gasteiger partial charge < -0.3 is 26.6 Å². The van der Waals surface area contributed by atoms with Crippen LogP contribution in [0.3, 0.4) is 0 Å². The van der Waals surface area contributed by atoms with E-state index < -0.39 is 41.9 Å². The molecule has 10 heteroatoms. The molecule has 0 heterocycles. The molecule has 24 heavy (non-hydrogen) atoms. The standard InChI is InChI=1S/C14H25N3O6S/c1-3-7(2)11(15)13(21)16-8(4-5-10(18)19)12(20)17-9(6-24)14(22)23/h7-9,11,24H,3-6,15H2,1-2H3,(H,16,21)(H,17,20)(H,18,19)(H,22,23).